The quantitative estimate of drug-likeness (QED) is 0.465. The van der Waals surface area contributed by atoms with Gasteiger partial charge in [-0.15, -0.1) is 0 Å². The summed E-state index contributed by atoms with van der Waals surface area (Å²) in [6.45, 7) is 6.37. The highest BCUT2D eigenvalue weighted by Crippen LogP contribution is 2.18. The van der Waals surface area contributed by atoms with Crippen molar-refractivity contribution in [3.8, 4) is 0 Å². The molecule has 2 heteroatoms. The first kappa shape index (κ1) is 13.5. The van der Waals surface area contributed by atoms with Gasteiger partial charge in [0, 0.05) is 0 Å². The Hall–Kier alpha value is -0.530. The van der Waals surface area contributed by atoms with E-state index in [1.807, 2.05) is 6.92 Å². The molecule has 0 spiro atoms. The number of rotatable bonds is 7. The van der Waals surface area contributed by atoms with Crippen LogP contribution in [0.15, 0.2) is 0 Å². The molecule has 0 aromatic carbocycles. The third-order valence-corrected chi connectivity index (χ3v) is 2.66. The van der Waals surface area contributed by atoms with Gasteiger partial charge in [-0.05, 0) is 12.3 Å². The Kier molecular flexibility index (Phi) is 7.54. The van der Waals surface area contributed by atoms with Gasteiger partial charge in [-0.2, -0.15) is 0 Å². The van der Waals surface area contributed by atoms with E-state index in [4.69, 9.17) is 4.74 Å². The lowest BCUT2D eigenvalue weighted by atomic mass is 9.93. The zero-order valence-electron chi connectivity index (χ0n) is 10.0. The van der Waals surface area contributed by atoms with Crippen LogP contribution in [0.5, 0.6) is 0 Å². The molecular weight excluding hydrogens is 176 g/mol. The van der Waals surface area contributed by atoms with E-state index in [9.17, 15) is 4.79 Å². The predicted molar refractivity (Wildman–Crippen MR) is 59.1 cm³/mol. The minimum Gasteiger partial charge on any atom is -0.469 e. The average molecular weight is 200 g/mol. The molecule has 0 amide bonds. The maximum atomic E-state index is 11.2. The zero-order chi connectivity index (χ0) is 11.0. The first-order chi connectivity index (χ1) is 6.61. The van der Waals surface area contributed by atoms with Gasteiger partial charge in [-0.1, -0.05) is 46.5 Å². The summed E-state index contributed by atoms with van der Waals surface area (Å²) in [6.07, 6.45) is 6.04. The third kappa shape index (κ3) is 6.01. The van der Waals surface area contributed by atoms with E-state index in [2.05, 4.69) is 13.8 Å². The van der Waals surface area contributed by atoms with Crippen LogP contribution in [0.4, 0.5) is 0 Å². The molecule has 0 fully saturated rings. The van der Waals surface area contributed by atoms with E-state index in [1.165, 1.54) is 32.8 Å². The van der Waals surface area contributed by atoms with Crippen LogP contribution in [0.3, 0.4) is 0 Å². The van der Waals surface area contributed by atoms with E-state index >= 15 is 0 Å². The highest BCUT2D eigenvalue weighted by molar-refractivity contribution is 5.71. The topological polar surface area (TPSA) is 26.3 Å². The highest BCUT2D eigenvalue weighted by Gasteiger charge is 2.16. The van der Waals surface area contributed by atoms with E-state index < -0.39 is 0 Å². The molecule has 0 radical (unpaired) electrons. The van der Waals surface area contributed by atoms with Crippen LogP contribution in [0.2, 0.25) is 0 Å². The van der Waals surface area contributed by atoms with Crippen molar-refractivity contribution in [2.45, 2.75) is 52.9 Å². The molecule has 2 nitrogen and oxygen atoms in total. The Balaban J connectivity index is 3.59. The standard InChI is InChI=1S/C12H24O2/c1-5-6-7-8-10(2)9-11(3)12(13)14-4/h10-11H,5-9H2,1-4H3/t10-,11+/m0/s1. The smallest absolute Gasteiger partial charge is 0.308 e. The number of unbranched alkanes of at least 4 members (excludes halogenated alkanes) is 2. The van der Waals surface area contributed by atoms with E-state index in [-0.39, 0.29) is 11.9 Å². The largest absolute Gasteiger partial charge is 0.469 e. The van der Waals surface area contributed by atoms with Crippen molar-refractivity contribution in [3.63, 3.8) is 0 Å². The van der Waals surface area contributed by atoms with Gasteiger partial charge in [-0.25, -0.2) is 0 Å². The normalized spacial score (nSPS) is 14.9. The van der Waals surface area contributed by atoms with Gasteiger partial charge in [0.05, 0.1) is 13.0 Å². The minimum absolute atomic E-state index is 0.0524. The van der Waals surface area contributed by atoms with Gasteiger partial charge in [0.25, 0.3) is 0 Å². The highest BCUT2D eigenvalue weighted by atomic mass is 16.5. The van der Waals surface area contributed by atoms with E-state index in [0.29, 0.717) is 5.92 Å². The molecule has 0 unspecified atom stereocenters. The van der Waals surface area contributed by atoms with Crippen LogP contribution < -0.4 is 0 Å². The van der Waals surface area contributed by atoms with Crippen LogP contribution >= 0.6 is 0 Å². The van der Waals surface area contributed by atoms with Crippen molar-refractivity contribution >= 4 is 5.97 Å². The fourth-order valence-corrected chi connectivity index (χ4v) is 1.76. The fraction of sp³-hybridized carbons (Fsp3) is 0.917. The number of ether oxygens (including phenoxy) is 1. The lowest BCUT2D eigenvalue weighted by molar-refractivity contribution is -0.145. The summed E-state index contributed by atoms with van der Waals surface area (Å²) in [5, 5.41) is 0. The van der Waals surface area contributed by atoms with Crippen molar-refractivity contribution < 1.29 is 9.53 Å². The number of hydrogen-bond donors (Lipinski definition) is 0. The van der Waals surface area contributed by atoms with Gasteiger partial charge in [0.15, 0.2) is 0 Å². The van der Waals surface area contributed by atoms with Crippen molar-refractivity contribution in [2.75, 3.05) is 7.11 Å². The molecule has 84 valence electrons. The molecule has 0 saturated carbocycles. The second kappa shape index (κ2) is 7.84. The Morgan fingerprint density at radius 3 is 2.43 bits per heavy atom. The molecule has 0 saturated heterocycles. The van der Waals surface area contributed by atoms with E-state index in [0.717, 1.165) is 6.42 Å². The first-order valence-corrected chi connectivity index (χ1v) is 5.69. The van der Waals surface area contributed by atoms with Gasteiger partial charge >= 0.3 is 5.97 Å². The van der Waals surface area contributed by atoms with Crippen LogP contribution in [0.1, 0.15) is 52.9 Å². The molecule has 2 atom stereocenters. The van der Waals surface area contributed by atoms with Crippen molar-refractivity contribution in [3.05, 3.63) is 0 Å². The van der Waals surface area contributed by atoms with Crippen LogP contribution in [-0.2, 0) is 9.53 Å². The van der Waals surface area contributed by atoms with E-state index in [1.54, 1.807) is 0 Å². The minimum atomic E-state index is -0.0765. The van der Waals surface area contributed by atoms with Gasteiger partial charge < -0.3 is 4.74 Å². The molecule has 0 N–H and O–H groups in total. The molecule has 0 aromatic rings. The Bertz CT molecular complexity index is 154. The predicted octanol–water partition coefficient (Wildman–Crippen LogP) is 3.40. The lowest BCUT2D eigenvalue weighted by Gasteiger charge is -2.15. The van der Waals surface area contributed by atoms with Crippen LogP contribution in [0, 0.1) is 11.8 Å². The van der Waals surface area contributed by atoms with Crippen LogP contribution in [0.25, 0.3) is 0 Å². The summed E-state index contributed by atoms with van der Waals surface area (Å²) in [5.41, 5.74) is 0. The Labute approximate surface area is 88.0 Å². The molecule has 0 heterocycles. The molecule has 14 heavy (non-hydrogen) atoms. The average Bonchev–Trinajstić information content (AvgIpc) is 2.16. The number of carbonyl (C=O) groups excluding carboxylic acids is 1. The summed E-state index contributed by atoms with van der Waals surface area (Å²) < 4.78 is 4.70. The van der Waals surface area contributed by atoms with Crippen LogP contribution in [-0.4, -0.2) is 13.1 Å². The Morgan fingerprint density at radius 2 is 1.93 bits per heavy atom. The summed E-state index contributed by atoms with van der Waals surface area (Å²) in [6, 6.07) is 0. The molecule has 0 bridgehead atoms. The van der Waals surface area contributed by atoms with Crippen molar-refractivity contribution in [1.29, 1.82) is 0 Å². The molecule has 0 aliphatic carbocycles. The number of esters is 1. The summed E-state index contributed by atoms with van der Waals surface area (Å²) in [5.74, 6) is 0.611. The van der Waals surface area contributed by atoms with Crippen molar-refractivity contribution in [1.82, 2.24) is 0 Å². The Morgan fingerprint density at radius 1 is 1.29 bits per heavy atom. The SMILES string of the molecule is CCCCC[C@H](C)C[C@@H](C)C(=O)OC. The second-order valence-corrected chi connectivity index (χ2v) is 4.26. The number of methoxy groups -OCH3 is 1. The monoisotopic (exact) mass is 200 g/mol. The third-order valence-electron chi connectivity index (χ3n) is 2.66. The molecule has 0 rings (SSSR count). The fourth-order valence-electron chi connectivity index (χ4n) is 1.76. The molecule has 0 aliphatic rings. The maximum Gasteiger partial charge on any atom is 0.308 e. The van der Waals surface area contributed by atoms with Gasteiger partial charge in [0.2, 0.25) is 0 Å². The zero-order valence-corrected chi connectivity index (χ0v) is 10.0. The first-order valence-electron chi connectivity index (χ1n) is 5.69. The maximum absolute atomic E-state index is 11.2. The van der Waals surface area contributed by atoms with Crippen molar-refractivity contribution in [2.24, 2.45) is 11.8 Å². The summed E-state index contributed by atoms with van der Waals surface area (Å²) >= 11 is 0. The number of hydrogen-bond acceptors (Lipinski definition) is 2. The van der Waals surface area contributed by atoms with Gasteiger partial charge in [-0.3, -0.25) is 4.79 Å². The summed E-state index contributed by atoms with van der Waals surface area (Å²) in [7, 11) is 1.46. The van der Waals surface area contributed by atoms with Gasteiger partial charge in [0.1, 0.15) is 0 Å². The summed E-state index contributed by atoms with van der Waals surface area (Å²) in [4.78, 5) is 11.2. The lowest BCUT2D eigenvalue weighted by Crippen LogP contribution is -2.15. The molecule has 0 aromatic heterocycles. The second-order valence-electron chi connectivity index (χ2n) is 4.26. The number of carbonyl (C=O) groups is 1. The molecular formula is C12H24O2. The molecule has 0 aliphatic heterocycles.